The standard InChI is InChI=1S/C20H23N3O3S/c1-14-16-13-17(19(25)21-12-8-4-7-11-18(24)26-2)27-20(16)23(22-14)15-9-5-3-6-10-15/h3,5-6,9-10,13H,4,7-8,11-12H2,1-2H3,(H,21,25). The molecule has 1 aromatic carbocycles. The first-order chi connectivity index (χ1) is 13.1. The molecule has 0 atom stereocenters. The number of benzene rings is 1. The molecule has 1 N–H and O–H groups in total. The third-order valence-electron chi connectivity index (χ3n) is 4.34. The molecule has 6 nitrogen and oxygen atoms in total. The Morgan fingerprint density at radius 1 is 1.19 bits per heavy atom. The highest BCUT2D eigenvalue weighted by molar-refractivity contribution is 7.20. The van der Waals surface area contributed by atoms with Crippen LogP contribution >= 0.6 is 11.3 Å². The Morgan fingerprint density at radius 3 is 2.70 bits per heavy atom. The van der Waals surface area contributed by atoms with E-state index in [1.807, 2.05) is 48.0 Å². The molecule has 0 saturated carbocycles. The van der Waals surface area contributed by atoms with Gasteiger partial charge in [0.1, 0.15) is 4.83 Å². The minimum atomic E-state index is -0.188. The Balaban J connectivity index is 1.60. The SMILES string of the molecule is COC(=O)CCCCCNC(=O)c1cc2c(C)nn(-c3ccccc3)c2s1. The Bertz CT molecular complexity index is 931. The average Bonchev–Trinajstić information content (AvgIpc) is 3.25. The Morgan fingerprint density at radius 2 is 1.96 bits per heavy atom. The number of rotatable bonds is 8. The molecule has 0 radical (unpaired) electrons. The monoisotopic (exact) mass is 385 g/mol. The minimum absolute atomic E-state index is 0.0665. The number of aromatic nitrogens is 2. The normalized spacial score (nSPS) is 10.9. The lowest BCUT2D eigenvalue weighted by atomic mass is 10.2. The van der Waals surface area contributed by atoms with Gasteiger partial charge < -0.3 is 10.1 Å². The largest absolute Gasteiger partial charge is 0.469 e. The Labute approximate surface area is 162 Å². The van der Waals surface area contributed by atoms with E-state index in [0.29, 0.717) is 17.8 Å². The van der Waals surface area contributed by atoms with Gasteiger partial charge in [-0.15, -0.1) is 11.3 Å². The van der Waals surface area contributed by atoms with Crippen LogP contribution < -0.4 is 5.32 Å². The molecule has 27 heavy (non-hydrogen) atoms. The van der Waals surface area contributed by atoms with Crippen molar-refractivity contribution >= 4 is 33.4 Å². The van der Waals surface area contributed by atoms with Gasteiger partial charge in [0.2, 0.25) is 0 Å². The molecule has 0 saturated heterocycles. The van der Waals surface area contributed by atoms with Crippen molar-refractivity contribution in [1.82, 2.24) is 15.1 Å². The second-order valence-electron chi connectivity index (χ2n) is 6.30. The van der Waals surface area contributed by atoms with E-state index in [1.54, 1.807) is 0 Å². The quantitative estimate of drug-likeness (QED) is 0.472. The maximum Gasteiger partial charge on any atom is 0.305 e. The number of ether oxygens (including phenoxy) is 1. The lowest BCUT2D eigenvalue weighted by molar-refractivity contribution is -0.140. The van der Waals surface area contributed by atoms with Crippen LogP contribution in [-0.2, 0) is 9.53 Å². The van der Waals surface area contributed by atoms with Crippen molar-refractivity contribution in [3.05, 3.63) is 47.0 Å². The number of esters is 1. The van der Waals surface area contributed by atoms with Gasteiger partial charge >= 0.3 is 5.97 Å². The first kappa shape index (κ1) is 19.1. The summed E-state index contributed by atoms with van der Waals surface area (Å²) in [6, 6.07) is 11.8. The summed E-state index contributed by atoms with van der Waals surface area (Å²) in [5.41, 5.74) is 1.89. The summed E-state index contributed by atoms with van der Waals surface area (Å²) in [5, 5.41) is 8.56. The number of hydrogen-bond donors (Lipinski definition) is 1. The summed E-state index contributed by atoms with van der Waals surface area (Å²) in [7, 11) is 1.40. The fraction of sp³-hybridized carbons (Fsp3) is 0.350. The summed E-state index contributed by atoms with van der Waals surface area (Å²) >= 11 is 1.45. The number of nitrogens with zero attached hydrogens (tertiary/aromatic N) is 2. The fourth-order valence-corrected chi connectivity index (χ4v) is 3.96. The van der Waals surface area contributed by atoms with E-state index in [0.717, 1.165) is 40.9 Å². The van der Waals surface area contributed by atoms with Crippen LogP contribution in [0.25, 0.3) is 15.9 Å². The number of thiophene rings is 1. The highest BCUT2D eigenvalue weighted by atomic mass is 32.1. The van der Waals surface area contributed by atoms with Gasteiger partial charge in [0.25, 0.3) is 5.91 Å². The number of para-hydroxylation sites is 1. The third kappa shape index (κ3) is 4.54. The minimum Gasteiger partial charge on any atom is -0.469 e. The van der Waals surface area contributed by atoms with Gasteiger partial charge in [-0.2, -0.15) is 5.10 Å². The van der Waals surface area contributed by atoms with E-state index < -0.39 is 0 Å². The molecule has 142 valence electrons. The van der Waals surface area contributed by atoms with E-state index in [-0.39, 0.29) is 11.9 Å². The van der Waals surface area contributed by atoms with Gasteiger partial charge in [0, 0.05) is 18.4 Å². The molecule has 0 bridgehead atoms. The number of nitrogens with one attached hydrogen (secondary N) is 1. The van der Waals surface area contributed by atoms with Gasteiger partial charge in [-0.3, -0.25) is 9.59 Å². The number of aryl methyl sites for hydroxylation is 1. The van der Waals surface area contributed by atoms with Crippen LogP contribution in [0.1, 0.15) is 41.0 Å². The van der Waals surface area contributed by atoms with E-state index >= 15 is 0 Å². The van der Waals surface area contributed by atoms with Gasteiger partial charge in [0.05, 0.1) is 23.4 Å². The average molecular weight is 385 g/mol. The summed E-state index contributed by atoms with van der Waals surface area (Å²) < 4.78 is 6.50. The number of carbonyl (C=O) groups is 2. The summed E-state index contributed by atoms with van der Waals surface area (Å²) in [6.45, 7) is 2.55. The first-order valence-electron chi connectivity index (χ1n) is 8.99. The van der Waals surface area contributed by atoms with E-state index in [2.05, 4.69) is 15.2 Å². The van der Waals surface area contributed by atoms with Crippen LogP contribution in [-0.4, -0.2) is 35.3 Å². The maximum absolute atomic E-state index is 12.5. The zero-order valence-corrected chi connectivity index (χ0v) is 16.3. The van der Waals surface area contributed by atoms with Crippen LogP contribution in [0.3, 0.4) is 0 Å². The molecule has 0 unspecified atom stereocenters. The number of carbonyl (C=O) groups excluding carboxylic acids is 2. The van der Waals surface area contributed by atoms with Crippen LogP contribution in [0.5, 0.6) is 0 Å². The molecule has 0 aliphatic carbocycles. The smallest absolute Gasteiger partial charge is 0.305 e. The van der Waals surface area contributed by atoms with Crippen molar-refractivity contribution in [1.29, 1.82) is 0 Å². The molecule has 7 heteroatoms. The predicted molar refractivity (Wildman–Crippen MR) is 107 cm³/mol. The summed E-state index contributed by atoms with van der Waals surface area (Å²) in [4.78, 5) is 25.2. The molecule has 3 aromatic rings. The molecular weight excluding hydrogens is 362 g/mol. The third-order valence-corrected chi connectivity index (χ3v) is 5.45. The van der Waals surface area contributed by atoms with Crippen LogP contribution in [0.15, 0.2) is 36.4 Å². The number of hydrogen-bond acceptors (Lipinski definition) is 5. The molecule has 2 aromatic heterocycles. The Kier molecular flexibility index (Phi) is 6.24. The zero-order valence-electron chi connectivity index (χ0n) is 15.5. The maximum atomic E-state index is 12.5. The first-order valence-corrected chi connectivity index (χ1v) is 9.81. The molecule has 1 amide bonds. The molecule has 3 rings (SSSR count). The van der Waals surface area contributed by atoms with Gasteiger partial charge in [-0.1, -0.05) is 24.6 Å². The number of methoxy groups -OCH3 is 1. The number of fused-ring (bicyclic) bond motifs is 1. The summed E-state index contributed by atoms with van der Waals surface area (Å²) in [5.74, 6) is -0.254. The van der Waals surface area contributed by atoms with E-state index in [9.17, 15) is 9.59 Å². The number of unbranched alkanes of at least 4 members (excludes halogenated alkanes) is 2. The van der Waals surface area contributed by atoms with Crippen LogP contribution in [0, 0.1) is 6.92 Å². The highest BCUT2D eigenvalue weighted by Gasteiger charge is 2.16. The molecule has 0 spiro atoms. The molecule has 2 heterocycles. The zero-order chi connectivity index (χ0) is 19.2. The lowest BCUT2D eigenvalue weighted by Gasteiger charge is -2.04. The van der Waals surface area contributed by atoms with Crippen molar-refractivity contribution in [2.45, 2.75) is 32.6 Å². The van der Waals surface area contributed by atoms with Crippen LogP contribution in [0.4, 0.5) is 0 Å². The van der Waals surface area contributed by atoms with Crippen molar-refractivity contribution in [2.75, 3.05) is 13.7 Å². The van der Waals surface area contributed by atoms with Crippen molar-refractivity contribution in [3.8, 4) is 5.69 Å². The molecular formula is C20H23N3O3S. The highest BCUT2D eigenvalue weighted by Crippen LogP contribution is 2.30. The van der Waals surface area contributed by atoms with E-state index in [4.69, 9.17) is 0 Å². The Hall–Kier alpha value is -2.67. The number of amides is 1. The molecule has 0 fully saturated rings. The molecule has 0 aliphatic rings. The topological polar surface area (TPSA) is 73.2 Å². The second kappa shape index (κ2) is 8.81. The predicted octanol–water partition coefficient (Wildman–Crippen LogP) is 3.86. The van der Waals surface area contributed by atoms with Gasteiger partial charge in [-0.05, 0) is 38.0 Å². The van der Waals surface area contributed by atoms with Crippen molar-refractivity contribution in [2.24, 2.45) is 0 Å². The molecule has 0 aliphatic heterocycles. The van der Waals surface area contributed by atoms with Crippen molar-refractivity contribution < 1.29 is 14.3 Å². The van der Waals surface area contributed by atoms with Gasteiger partial charge in [0.15, 0.2) is 0 Å². The fourth-order valence-electron chi connectivity index (χ4n) is 2.87. The van der Waals surface area contributed by atoms with Crippen molar-refractivity contribution in [3.63, 3.8) is 0 Å². The summed E-state index contributed by atoms with van der Waals surface area (Å²) in [6.07, 6.45) is 2.92. The lowest BCUT2D eigenvalue weighted by Crippen LogP contribution is -2.23. The second-order valence-corrected chi connectivity index (χ2v) is 7.34. The van der Waals surface area contributed by atoms with Crippen LogP contribution in [0.2, 0.25) is 0 Å². The van der Waals surface area contributed by atoms with E-state index in [1.165, 1.54) is 18.4 Å². The van der Waals surface area contributed by atoms with Gasteiger partial charge in [-0.25, -0.2) is 4.68 Å².